The second-order valence-corrected chi connectivity index (χ2v) is 8.89. The molecule has 1 aromatic carbocycles. The highest BCUT2D eigenvalue weighted by molar-refractivity contribution is 6.30. The number of hydrogen-bond acceptors (Lipinski definition) is 5. The van der Waals surface area contributed by atoms with Gasteiger partial charge in [0.15, 0.2) is 0 Å². The Kier molecular flexibility index (Phi) is 5.73. The van der Waals surface area contributed by atoms with Crippen LogP contribution in [0, 0.1) is 5.92 Å². The molecule has 29 heavy (non-hydrogen) atoms. The number of imide groups is 1. The van der Waals surface area contributed by atoms with E-state index in [1.54, 1.807) is 11.9 Å². The van der Waals surface area contributed by atoms with Crippen LogP contribution in [0.1, 0.15) is 33.1 Å². The number of amides is 3. The zero-order valence-corrected chi connectivity index (χ0v) is 18.1. The summed E-state index contributed by atoms with van der Waals surface area (Å²) in [6.45, 7) is 6.48. The standard InChI is InChI=1S/C21H30ClN5O2/c1-4-5-6-10-25-19(28)17-18(24(3)21(25)29)23-20-26(12-14(2)13-27(17)20)16-9-7-8-15(22)11-16/h7-9,11,14,17-18,20,23H,4-6,10,12-13H2,1-3H3. The van der Waals surface area contributed by atoms with Gasteiger partial charge in [0, 0.05) is 37.4 Å². The highest BCUT2D eigenvalue weighted by Gasteiger charge is 2.56. The number of nitrogens with zero attached hydrogens (tertiary/aromatic N) is 4. The Labute approximate surface area is 177 Å². The molecule has 7 nitrogen and oxygen atoms in total. The summed E-state index contributed by atoms with van der Waals surface area (Å²) < 4.78 is 0. The van der Waals surface area contributed by atoms with Gasteiger partial charge in [-0.25, -0.2) is 4.79 Å². The van der Waals surface area contributed by atoms with Crippen LogP contribution in [0.4, 0.5) is 10.5 Å². The minimum absolute atomic E-state index is 0.0793. The Morgan fingerprint density at radius 2 is 2.00 bits per heavy atom. The summed E-state index contributed by atoms with van der Waals surface area (Å²) in [5.41, 5.74) is 1.02. The lowest BCUT2D eigenvalue weighted by Gasteiger charge is -2.46. The van der Waals surface area contributed by atoms with E-state index in [9.17, 15) is 9.59 Å². The van der Waals surface area contributed by atoms with Crippen molar-refractivity contribution in [1.82, 2.24) is 20.0 Å². The number of urea groups is 1. The van der Waals surface area contributed by atoms with Crippen molar-refractivity contribution in [3.63, 3.8) is 0 Å². The smallest absolute Gasteiger partial charge is 0.327 e. The van der Waals surface area contributed by atoms with Gasteiger partial charge in [-0.05, 0) is 30.5 Å². The van der Waals surface area contributed by atoms with Crippen LogP contribution in [-0.2, 0) is 4.79 Å². The van der Waals surface area contributed by atoms with Gasteiger partial charge in [0.25, 0.3) is 5.91 Å². The van der Waals surface area contributed by atoms with Crippen LogP contribution in [0.3, 0.4) is 0 Å². The quantitative estimate of drug-likeness (QED) is 0.743. The van der Waals surface area contributed by atoms with Crippen molar-refractivity contribution in [1.29, 1.82) is 0 Å². The Bertz CT molecular complexity index is 790. The summed E-state index contributed by atoms with van der Waals surface area (Å²) in [7, 11) is 1.79. The second-order valence-electron chi connectivity index (χ2n) is 8.45. The van der Waals surface area contributed by atoms with E-state index < -0.39 is 0 Å². The van der Waals surface area contributed by atoms with Gasteiger partial charge in [0.2, 0.25) is 0 Å². The molecule has 0 saturated carbocycles. The first kappa shape index (κ1) is 20.4. The lowest BCUT2D eigenvalue weighted by molar-refractivity contribution is -0.138. The Hall–Kier alpha value is -1.83. The average Bonchev–Trinajstić information content (AvgIpc) is 3.08. The van der Waals surface area contributed by atoms with Crippen molar-refractivity contribution in [3.05, 3.63) is 29.3 Å². The summed E-state index contributed by atoms with van der Waals surface area (Å²) in [6.07, 6.45) is 2.45. The molecule has 4 atom stereocenters. The van der Waals surface area contributed by atoms with Gasteiger partial charge >= 0.3 is 6.03 Å². The number of halogens is 1. The molecule has 3 fully saturated rings. The molecule has 0 bridgehead atoms. The number of carbonyl (C=O) groups excluding carboxylic acids is 2. The molecule has 1 aromatic rings. The third-order valence-corrected chi connectivity index (χ3v) is 6.45. The third kappa shape index (κ3) is 3.60. The predicted octanol–water partition coefficient (Wildman–Crippen LogP) is 2.76. The number of nitrogens with one attached hydrogen (secondary N) is 1. The van der Waals surface area contributed by atoms with E-state index >= 15 is 0 Å². The molecular formula is C21H30ClN5O2. The topological polar surface area (TPSA) is 59.1 Å². The van der Waals surface area contributed by atoms with Crippen LogP contribution in [0.25, 0.3) is 0 Å². The molecule has 3 saturated heterocycles. The highest BCUT2D eigenvalue weighted by Crippen LogP contribution is 2.35. The van der Waals surface area contributed by atoms with E-state index in [0.717, 1.165) is 38.0 Å². The lowest BCUT2D eigenvalue weighted by atomic mass is 10.0. The fraction of sp³-hybridized carbons (Fsp3) is 0.619. The van der Waals surface area contributed by atoms with E-state index in [-0.39, 0.29) is 30.4 Å². The van der Waals surface area contributed by atoms with Crippen LogP contribution >= 0.6 is 11.6 Å². The number of likely N-dealkylation sites (N-methyl/N-ethyl adjacent to an activating group) is 1. The fourth-order valence-electron chi connectivity index (χ4n) is 4.80. The van der Waals surface area contributed by atoms with Crippen molar-refractivity contribution < 1.29 is 9.59 Å². The van der Waals surface area contributed by atoms with Gasteiger partial charge in [-0.2, -0.15) is 0 Å². The number of fused-ring (bicyclic) bond motifs is 3. The summed E-state index contributed by atoms with van der Waals surface area (Å²) in [5, 5.41) is 4.24. The number of unbranched alkanes of at least 4 members (excludes halogenated alkanes) is 2. The molecule has 3 amide bonds. The van der Waals surface area contributed by atoms with Gasteiger partial charge in [0.05, 0.1) is 0 Å². The summed E-state index contributed by atoms with van der Waals surface area (Å²) in [6, 6.07) is 7.23. The van der Waals surface area contributed by atoms with Crippen LogP contribution in [0.15, 0.2) is 24.3 Å². The van der Waals surface area contributed by atoms with Crippen molar-refractivity contribution in [2.24, 2.45) is 5.92 Å². The van der Waals surface area contributed by atoms with E-state index in [1.165, 1.54) is 4.90 Å². The average molecular weight is 420 g/mol. The van der Waals surface area contributed by atoms with Crippen molar-refractivity contribution in [2.75, 3.05) is 31.6 Å². The van der Waals surface area contributed by atoms with E-state index in [4.69, 9.17) is 11.6 Å². The minimum Gasteiger partial charge on any atom is -0.343 e. The number of rotatable bonds is 5. The van der Waals surface area contributed by atoms with Crippen LogP contribution in [0.5, 0.6) is 0 Å². The first-order valence-electron chi connectivity index (χ1n) is 10.5. The molecule has 8 heteroatoms. The molecule has 0 aromatic heterocycles. The molecular weight excluding hydrogens is 390 g/mol. The van der Waals surface area contributed by atoms with Gasteiger partial charge in [-0.15, -0.1) is 0 Å². The second kappa shape index (κ2) is 8.13. The van der Waals surface area contributed by atoms with E-state index in [0.29, 0.717) is 17.5 Å². The molecule has 0 radical (unpaired) electrons. The first-order chi connectivity index (χ1) is 13.9. The monoisotopic (exact) mass is 419 g/mol. The van der Waals surface area contributed by atoms with E-state index in [2.05, 4.69) is 29.0 Å². The minimum atomic E-state index is -0.367. The predicted molar refractivity (Wildman–Crippen MR) is 114 cm³/mol. The maximum Gasteiger partial charge on any atom is 0.327 e. The van der Waals surface area contributed by atoms with Crippen molar-refractivity contribution in [2.45, 2.75) is 51.6 Å². The number of carbonyl (C=O) groups is 2. The molecule has 3 heterocycles. The Morgan fingerprint density at radius 3 is 2.72 bits per heavy atom. The van der Waals surface area contributed by atoms with E-state index in [1.807, 2.05) is 24.3 Å². The lowest BCUT2D eigenvalue weighted by Crippen LogP contribution is -2.66. The van der Waals surface area contributed by atoms with Crippen LogP contribution in [-0.4, -0.2) is 71.8 Å². The molecule has 4 unspecified atom stereocenters. The fourth-order valence-corrected chi connectivity index (χ4v) is 4.98. The molecule has 3 aliphatic heterocycles. The summed E-state index contributed by atoms with van der Waals surface area (Å²) in [5.74, 6) is 0.305. The summed E-state index contributed by atoms with van der Waals surface area (Å²) >= 11 is 6.24. The number of benzene rings is 1. The SMILES string of the molecule is CCCCCN1C(=O)C2C(NC3N(c4cccc(Cl)c4)CC(C)CN23)N(C)C1=O. The first-order valence-corrected chi connectivity index (χ1v) is 10.9. The zero-order chi connectivity index (χ0) is 20.7. The zero-order valence-electron chi connectivity index (χ0n) is 17.3. The summed E-state index contributed by atoms with van der Waals surface area (Å²) in [4.78, 5) is 33.9. The largest absolute Gasteiger partial charge is 0.343 e. The maximum absolute atomic E-state index is 13.4. The maximum atomic E-state index is 13.4. The molecule has 1 N–H and O–H groups in total. The van der Waals surface area contributed by atoms with Crippen molar-refractivity contribution in [3.8, 4) is 0 Å². The molecule has 158 valence electrons. The molecule has 3 aliphatic rings. The van der Waals surface area contributed by atoms with Gasteiger partial charge in [0.1, 0.15) is 18.5 Å². The Balaban J connectivity index is 1.62. The molecule has 4 rings (SSSR count). The highest BCUT2D eigenvalue weighted by atomic mass is 35.5. The number of anilines is 1. The van der Waals surface area contributed by atoms with Crippen molar-refractivity contribution >= 4 is 29.2 Å². The number of hydrogen-bond donors (Lipinski definition) is 1. The normalized spacial score (nSPS) is 30.0. The third-order valence-electron chi connectivity index (χ3n) is 6.21. The van der Waals surface area contributed by atoms with Gasteiger partial charge < -0.3 is 9.80 Å². The Morgan fingerprint density at radius 1 is 1.21 bits per heavy atom. The van der Waals surface area contributed by atoms with Crippen LogP contribution < -0.4 is 10.2 Å². The molecule has 0 aliphatic carbocycles. The van der Waals surface area contributed by atoms with Gasteiger partial charge in [-0.1, -0.05) is 44.4 Å². The van der Waals surface area contributed by atoms with Gasteiger partial charge in [-0.3, -0.25) is 19.9 Å². The molecule has 0 spiro atoms. The van der Waals surface area contributed by atoms with Crippen LogP contribution in [0.2, 0.25) is 5.02 Å².